The lowest BCUT2D eigenvalue weighted by Crippen LogP contribution is -2.53. The summed E-state index contributed by atoms with van der Waals surface area (Å²) in [6, 6.07) is 21.4. The fourth-order valence-corrected chi connectivity index (χ4v) is 9.31. The summed E-state index contributed by atoms with van der Waals surface area (Å²) in [5.41, 5.74) is 7.05. The summed E-state index contributed by atoms with van der Waals surface area (Å²) in [5, 5.41) is 26.6. The van der Waals surface area contributed by atoms with Crippen LogP contribution in [0.4, 0.5) is 9.59 Å². The highest BCUT2D eigenvalue weighted by molar-refractivity contribution is 5.93. The van der Waals surface area contributed by atoms with Crippen LogP contribution in [0.15, 0.2) is 85.2 Å². The molecule has 2 saturated heterocycles. The molecule has 338 valence electrons. The number of nitrogens with one attached hydrogen (secondary N) is 4. The van der Waals surface area contributed by atoms with Crippen LogP contribution < -0.4 is 15.4 Å². The Balaban J connectivity index is 1.00. The Hall–Kier alpha value is -7.18. The third-order valence-electron chi connectivity index (χ3n) is 12.6. The molecule has 3 aliphatic rings. The van der Waals surface area contributed by atoms with Gasteiger partial charge in [0.1, 0.15) is 29.5 Å². The van der Waals surface area contributed by atoms with E-state index in [0.717, 1.165) is 63.1 Å². The number of hydrogen-bond acceptors (Lipinski definition) is 11. The van der Waals surface area contributed by atoms with E-state index in [9.17, 15) is 29.4 Å². The van der Waals surface area contributed by atoms with Crippen molar-refractivity contribution in [2.75, 3.05) is 27.3 Å². The highest BCUT2D eigenvalue weighted by atomic mass is 16.5. The number of likely N-dealkylation sites (tertiary alicyclic amines) is 2. The number of benzene rings is 3. The second-order valence-electron chi connectivity index (χ2n) is 16.7. The van der Waals surface area contributed by atoms with Gasteiger partial charge in [-0.05, 0) is 69.9 Å². The summed E-state index contributed by atoms with van der Waals surface area (Å²) in [6.45, 7) is 3.81. The maximum Gasteiger partial charge on any atom is 0.407 e. The molecule has 0 bridgehead atoms. The zero-order valence-corrected chi connectivity index (χ0v) is 36.4. The second kappa shape index (κ2) is 17.8. The van der Waals surface area contributed by atoms with Crippen molar-refractivity contribution >= 4 is 34.9 Å². The van der Waals surface area contributed by atoms with Crippen LogP contribution in [-0.4, -0.2) is 120 Å². The minimum Gasteiger partial charge on any atom is -0.465 e. The van der Waals surface area contributed by atoms with Crippen molar-refractivity contribution in [3.63, 3.8) is 0 Å². The van der Waals surface area contributed by atoms with Crippen LogP contribution in [0.5, 0.6) is 5.75 Å². The Morgan fingerprint density at radius 3 is 1.82 bits per heavy atom. The molecule has 0 spiro atoms. The molecule has 18 heteroatoms. The van der Waals surface area contributed by atoms with E-state index in [2.05, 4.69) is 52.8 Å². The molecular formula is C47H51N9O9. The molecule has 0 saturated carbocycles. The Kier molecular flexibility index (Phi) is 11.8. The summed E-state index contributed by atoms with van der Waals surface area (Å²) >= 11 is 0. The molecule has 7 atom stereocenters. The summed E-state index contributed by atoms with van der Waals surface area (Å²) < 4.78 is 18.5. The van der Waals surface area contributed by atoms with Crippen LogP contribution in [0, 0.1) is 0 Å². The van der Waals surface area contributed by atoms with Crippen LogP contribution in [0.25, 0.3) is 44.7 Å². The number of nitrogens with zero attached hydrogens (tertiary/aromatic N) is 5. The molecule has 0 aliphatic carbocycles. The fourth-order valence-electron chi connectivity index (χ4n) is 9.31. The van der Waals surface area contributed by atoms with Gasteiger partial charge in [0.25, 0.3) is 0 Å². The molecule has 6 heterocycles. The van der Waals surface area contributed by atoms with Crippen LogP contribution in [-0.2, 0) is 19.1 Å². The first-order valence-corrected chi connectivity index (χ1v) is 21.7. The van der Waals surface area contributed by atoms with E-state index in [1.165, 1.54) is 28.1 Å². The Morgan fingerprint density at radius 2 is 1.28 bits per heavy atom. The molecule has 3 aromatic carbocycles. The van der Waals surface area contributed by atoms with Crippen molar-refractivity contribution in [2.24, 2.45) is 0 Å². The molecule has 6 N–H and O–H groups in total. The highest BCUT2D eigenvalue weighted by Crippen LogP contribution is 2.46. The van der Waals surface area contributed by atoms with Crippen molar-refractivity contribution in [1.29, 1.82) is 0 Å². The average molecular weight is 886 g/mol. The number of alkyl carbamates (subject to hydrolysis) is 2. The van der Waals surface area contributed by atoms with E-state index in [1.54, 1.807) is 22.2 Å². The van der Waals surface area contributed by atoms with Crippen molar-refractivity contribution < 1.29 is 43.6 Å². The van der Waals surface area contributed by atoms with Gasteiger partial charge in [-0.2, -0.15) is 0 Å². The first kappa shape index (κ1) is 43.1. The number of imidazole rings is 2. The van der Waals surface area contributed by atoms with Gasteiger partial charge in [0.2, 0.25) is 18.0 Å². The number of H-pyrrole nitrogens is 2. The van der Waals surface area contributed by atoms with E-state index in [0.29, 0.717) is 43.3 Å². The predicted octanol–water partition coefficient (Wildman–Crippen LogP) is 5.57. The van der Waals surface area contributed by atoms with Gasteiger partial charge in [-0.25, -0.2) is 19.6 Å². The van der Waals surface area contributed by atoms with Crippen molar-refractivity contribution in [3.05, 3.63) is 102 Å². The number of carbonyl (C=O) groups is 4. The van der Waals surface area contributed by atoms with E-state index in [-0.39, 0.29) is 12.1 Å². The van der Waals surface area contributed by atoms with Crippen LogP contribution in [0.3, 0.4) is 0 Å². The van der Waals surface area contributed by atoms with Crippen LogP contribution in [0.1, 0.15) is 75.1 Å². The molecule has 3 aromatic heterocycles. The monoisotopic (exact) mass is 885 g/mol. The van der Waals surface area contributed by atoms with E-state index in [1.807, 2.05) is 54.6 Å². The molecule has 0 unspecified atom stereocenters. The quantitative estimate of drug-likeness (QED) is 0.0943. The van der Waals surface area contributed by atoms with Gasteiger partial charge in [-0.15, -0.1) is 0 Å². The SMILES string of the molecule is COC(=O)N[C@H](C(=O)N1CCC[C@H]1c1ncc(-c2ccc3c(c2)O[C@@H](c2ccccc2)n2c-3cc3cc(-c4cnc([C@@H]5CCCN5C(=O)[C@@H](NC(=O)OC)[C@@H](C)O)[nH]4)ccc32)[nH]1)[C@@H](C)O. The lowest BCUT2D eigenvalue weighted by atomic mass is 10.0. The van der Waals surface area contributed by atoms with Crippen molar-refractivity contribution in [1.82, 2.24) is 44.9 Å². The standard InChI is InChI=1S/C47H51N9O9/c1-25(57)39(52-46(61)63-3)43(59)54-18-8-12-35(54)41-48-23-32(50-41)28-15-17-34-30(20-28)21-37-31-16-14-29(22-38(31)65-45(56(34)37)27-10-6-5-7-11-27)33-24-49-42(51-33)36-13-9-19-55(36)44(60)40(26(2)58)53-47(62)64-4/h5-7,10-11,14-17,20-26,35-36,39-40,45,57-58H,8-9,12-13,18-19H2,1-4H3,(H,48,50)(H,49,51)(H,52,61)(H,53,62)/t25-,26-,35+,36+,39+,40+,45+/m1/s1. The minimum absolute atomic E-state index is 0.368. The molecule has 6 aromatic rings. The molecule has 0 radical (unpaired) electrons. The molecule has 18 nitrogen and oxygen atoms in total. The zero-order chi connectivity index (χ0) is 45.5. The molecule has 4 amide bonds. The number of aliphatic hydroxyl groups is 2. The number of rotatable bonds is 11. The highest BCUT2D eigenvalue weighted by Gasteiger charge is 2.40. The number of aromatic nitrogens is 5. The van der Waals surface area contributed by atoms with Gasteiger partial charge in [0, 0.05) is 40.7 Å². The number of aliphatic hydroxyl groups excluding tert-OH is 2. The third-order valence-corrected chi connectivity index (χ3v) is 12.6. The Bertz CT molecular complexity index is 2740. The number of fused-ring (bicyclic) bond motifs is 5. The minimum atomic E-state index is -1.17. The smallest absolute Gasteiger partial charge is 0.407 e. The van der Waals surface area contributed by atoms with Gasteiger partial charge in [0.15, 0.2) is 0 Å². The number of methoxy groups -OCH3 is 2. The van der Waals surface area contributed by atoms with E-state index < -0.39 is 54.5 Å². The second-order valence-corrected chi connectivity index (χ2v) is 16.7. The predicted molar refractivity (Wildman–Crippen MR) is 237 cm³/mol. The molecular weight excluding hydrogens is 835 g/mol. The topological polar surface area (TPSA) is 229 Å². The first-order chi connectivity index (χ1) is 31.4. The molecule has 3 aliphatic heterocycles. The van der Waals surface area contributed by atoms with E-state index >= 15 is 0 Å². The Morgan fingerprint density at radius 1 is 0.738 bits per heavy atom. The summed E-state index contributed by atoms with van der Waals surface area (Å²) in [5.74, 6) is 1.07. The molecule has 65 heavy (non-hydrogen) atoms. The maximum absolute atomic E-state index is 13.6. The van der Waals surface area contributed by atoms with Crippen LogP contribution >= 0.6 is 0 Å². The van der Waals surface area contributed by atoms with E-state index in [4.69, 9.17) is 14.7 Å². The van der Waals surface area contributed by atoms with Gasteiger partial charge < -0.3 is 59.4 Å². The maximum atomic E-state index is 13.6. The van der Waals surface area contributed by atoms with Gasteiger partial charge in [-0.1, -0.05) is 42.5 Å². The number of aromatic amines is 2. The summed E-state index contributed by atoms with van der Waals surface area (Å²) in [7, 11) is 2.41. The Labute approximate surface area is 373 Å². The molecule has 2 fully saturated rings. The summed E-state index contributed by atoms with van der Waals surface area (Å²) in [4.78, 5) is 70.8. The van der Waals surface area contributed by atoms with Gasteiger partial charge >= 0.3 is 12.2 Å². The largest absolute Gasteiger partial charge is 0.465 e. The normalized spacial score (nSPS) is 19.7. The van der Waals surface area contributed by atoms with Gasteiger partial charge in [-0.3, -0.25) is 9.59 Å². The zero-order valence-electron chi connectivity index (χ0n) is 36.4. The number of carbonyl (C=O) groups excluding carboxylic acids is 4. The third kappa shape index (κ3) is 8.14. The fraction of sp³-hybridized carbons (Fsp3) is 0.362. The van der Waals surface area contributed by atoms with Crippen LogP contribution in [0.2, 0.25) is 0 Å². The number of ether oxygens (including phenoxy) is 3. The molecule has 9 rings (SSSR count). The lowest BCUT2D eigenvalue weighted by molar-refractivity contribution is -0.137. The summed E-state index contributed by atoms with van der Waals surface area (Å²) in [6.07, 6.45) is 1.94. The van der Waals surface area contributed by atoms with Gasteiger partial charge in [0.05, 0.1) is 73.5 Å². The number of hydrogen-bond donors (Lipinski definition) is 6. The number of amides is 4. The average Bonchev–Trinajstić information content (AvgIpc) is 4.18. The lowest BCUT2D eigenvalue weighted by Gasteiger charge is -2.30. The van der Waals surface area contributed by atoms with Crippen molar-refractivity contribution in [3.8, 4) is 39.5 Å². The first-order valence-electron chi connectivity index (χ1n) is 21.7. The van der Waals surface area contributed by atoms with Crippen molar-refractivity contribution in [2.45, 2.75) is 82.1 Å².